The maximum absolute atomic E-state index is 11.5. The second-order valence-electron chi connectivity index (χ2n) is 6.23. The summed E-state index contributed by atoms with van der Waals surface area (Å²) in [6, 6.07) is 11.5. The van der Waals surface area contributed by atoms with Gasteiger partial charge in [0.1, 0.15) is 0 Å². The molecule has 2 aromatic rings. The number of hydrogen-bond donors (Lipinski definition) is 3. The highest BCUT2D eigenvalue weighted by atomic mass is 127. The first-order valence-corrected chi connectivity index (χ1v) is 11.2. The molecule has 0 saturated heterocycles. The van der Waals surface area contributed by atoms with Crippen molar-refractivity contribution < 1.29 is 8.42 Å². The molecule has 2 rings (SSSR count). The summed E-state index contributed by atoms with van der Waals surface area (Å²) in [4.78, 5) is 5.61. The molecule has 1 aromatic carbocycles. The number of nitrogens with one attached hydrogen (secondary N) is 3. The first kappa shape index (κ1) is 23.7. The molecule has 1 unspecified atom stereocenters. The van der Waals surface area contributed by atoms with Crippen LogP contribution in [0.25, 0.3) is 0 Å². The third kappa shape index (κ3) is 8.93. The van der Waals surface area contributed by atoms with Gasteiger partial charge >= 0.3 is 0 Å². The van der Waals surface area contributed by atoms with Crippen LogP contribution in [0.3, 0.4) is 0 Å². The molecule has 1 atom stereocenters. The number of para-hydroxylation sites is 1. The molecule has 0 saturated carbocycles. The van der Waals surface area contributed by atoms with Crippen molar-refractivity contribution in [3.05, 3.63) is 52.2 Å². The van der Waals surface area contributed by atoms with Crippen molar-refractivity contribution in [2.45, 2.75) is 19.9 Å². The molecule has 6 nitrogen and oxygen atoms in total. The van der Waals surface area contributed by atoms with Gasteiger partial charge in [-0.05, 0) is 35.4 Å². The second-order valence-corrected chi connectivity index (χ2v) is 9.01. The molecule has 1 heterocycles. The topological polar surface area (TPSA) is 82.6 Å². The highest BCUT2D eigenvalue weighted by Gasteiger charge is 2.09. The fraction of sp³-hybridized carbons (Fsp3) is 0.389. The quantitative estimate of drug-likeness (QED) is 0.283. The van der Waals surface area contributed by atoms with Crippen LogP contribution in [-0.2, 0) is 23.0 Å². The van der Waals surface area contributed by atoms with Crippen LogP contribution < -0.4 is 15.4 Å². The van der Waals surface area contributed by atoms with Crippen LogP contribution in [0.2, 0.25) is 0 Å². The van der Waals surface area contributed by atoms with E-state index in [4.69, 9.17) is 0 Å². The van der Waals surface area contributed by atoms with Crippen molar-refractivity contribution in [1.82, 2.24) is 10.6 Å². The molecule has 3 N–H and O–H groups in total. The Balaban J connectivity index is 0.00000364. The molecular weight excluding hydrogens is 495 g/mol. The van der Waals surface area contributed by atoms with Gasteiger partial charge in [0, 0.05) is 25.0 Å². The fourth-order valence-electron chi connectivity index (χ4n) is 2.49. The number of anilines is 1. The number of rotatable bonds is 8. The maximum atomic E-state index is 11.5. The van der Waals surface area contributed by atoms with Gasteiger partial charge < -0.3 is 10.6 Å². The average molecular weight is 522 g/mol. The SMILES string of the molecule is CN=C(NCc1ccccc1NS(C)(=O)=O)NCC(C)Cc1cccs1.I. The Bertz CT molecular complexity index is 824. The van der Waals surface area contributed by atoms with E-state index >= 15 is 0 Å². The molecule has 0 aliphatic carbocycles. The summed E-state index contributed by atoms with van der Waals surface area (Å²) < 4.78 is 25.5. The summed E-state index contributed by atoms with van der Waals surface area (Å²) in [5.41, 5.74) is 1.43. The molecular formula is C18H27IN4O2S2. The number of thiophene rings is 1. The van der Waals surface area contributed by atoms with E-state index in [0.29, 0.717) is 24.1 Å². The van der Waals surface area contributed by atoms with Gasteiger partial charge in [-0.2, -0.15) is 0 Å². The monoisotopic (exact) mass is 522 g/mol. The van der Waals surface area contributed by atoms with Gasteiger partial charge in [0.15, 0.2) is 5.96 Å². The fourth-order valence-corrected chi connectivity index (χ4v) is 3.96. The highest BCUT2D eigenvalue weighted by molar-refractivity contribution is 14.0. The Labute approximate surface area is 182 Å². The maximum Gasteiger partial charge on any atom is 0.229 e. The zero-order valence-corrected chi connectivity index (χ0v) is 19.7. The van der Waals surface area contributed by atoms with Gasteiger partial charge in [-0.15, -0.1) is 35.3 Å². The lowest BCUT2D eigenvalue weighted by molar-refractivity contribution is 0.562. The predicted molar refractivity (Wildman–Crippen MR) is 126 cm³/mol. The van der Waals surface area contributed by atoms with Crippen LogP contribution in [-0.4, -0.2) is 34.2 Å². The summed E-state index contributed by atoms with van der Waals surface area (Å²) in [5.74, 6) is 1.17. The molecule has 27 heavy (non-hydrogen) atoms. The van der Waals surface area contributed by atoms with Crippen LogP contribution in [0.4, 0.5) is 5.69 Å². The van der Waals surface area contributed by atoms with Crippen molar-refractivity contribution in [1.29, 1.82) is 0 Å². The summed E-state index contributed by atoms with van der Waals surface area (Å²) in [6.45, 7) is 3.48. The lowest BCUT2D eigenvalue weighted by Gasteiger charge is -2.17. The Hall–Kier alpha value is -1.33. The van der Waals surface area contributed by atoms with Crippen LogP contribution in [0.5, 0.6) is 0 Å². The number of sulfonamides is 1. The zero-order chi connectivity index (χ0) is 19.0. The van der Waals surface area contributed by atoms with Gasteiger partial charge in [0.25, 0.3) is 0 Å². The molecule has 0 fully saturated rings. The van der Waals surface area contributed by atoms with Gasteiger partial charge in [-0.3, -0.25) is 9.71 Å². The molecule has 0 radical (unpaired) electrons. The minimum atomic E-state index is -3.31. The number of hydrogen-bond acceptors (Lipinski definition) is 4. The predicted octanol–water partition coefficient (Wildman–Crippen LogP) is 3.28. The van der Waals surface area contributed by atoms with E-state index in [-0.39, 0.29) is 24.0 Å². The standard InChI is InChI=1S/C18H26N4O2S2.HI/c1-14(11-16-8-6-10-25-16)12-20-18(19-2)21-13-15-7-4-5-9-17(15)22-26(3,23)24;/h4-10,14,22H,11-13H2,1-3H3,(H2,19,20,21);1H. The van der Waals surface area contributed by atoms with Crippen molar-refractivity contribution >= 4 is 57.0 Å². The van der Waals surface area contributed by atoms with Crippen molar-refractivity contribution in [2.75, 3.05) is 24.6 Å². The highest BCUT2D eigenvalue weighted by Crippen LogP contribution is 2.16. The van der Waals surface area contributed by atoms with E-state index in [1.165, 1.54) is 4.88 Å². The third-order valence-electron chi connectivity index (χ3n) is 3.73. The van der Waals surface area contributed by atoms with Gasteiger partial charge in [-0.25, -0.2) is 8.42 Å². The van der Waals surface area contributed by atoms with Crippen molar-refractivity contribution in [3.63, 3.8) is 0 Å². The molecule has 150 valence electrons. The van der Waals surface area contributed by atoms with E-state index in [2.05, 4.69) is 44.8 Å². The van der Waals surface area contributed by atoms with Crippen molar-refractivity contribution in [2.24, 2.45) is 10.9 Å². The van der Waals surface area contributed by atoms with Gasteiger partial charge in [-0.1, -0.05) is 31.2 Å². The number of guanidine groups is 1. The van der Waals surface area contributed by atoms with E-state index < -0.39 is 10.0 Å². The summed E-state index contributed by atoms with van der Waals surface area (Å²) >= 11 is 1.78. The third-order valence-corrected chi connectivity index (χ3v) is 5.22. The average Bonchev–Trinajstić information content (AvgIpc) is 3.08. The van der Waals surface area contributed by atoms with E-state index in [0.717, 1.165) is 24.8 Å². The molecule has 1 aromatic heterocycles. The number of halogens is 1. The zero-order valence-electron chi connectivity index (χ0n) is 15.7. The Morgan fingerprint density at radius 3 is 2.56 bits per heavy atom. The second kappa shape index (κ2) is 11.5. The molecule has 0 aliphatic rings. The Morgan fingerprint density at radius 2 is 1.93 bits per heavy atom. The molecule has 0 spiro atoms. The summed E-state index contributed by atoms with van der Waals surface area (Å²) in [5, 5.41) is 8.65. The van der Waals surface area contributed by atoms with Crippen LogP contribution in [0, 0.1) is 5.92 Å². The lowest BCUT2D eigenvalue weighted by Crippen LogP contribution is -2.39. The minimum absolute atomic E-state index is 0. The molecule has 0 aliphatic heterocycles. The number of aliphatic imine (C=N–C) groups is 1. The Kier molecular flexibility index (Phi) is 10.1. The van der Waals surface area contributed by atoms with Crippen molar-refractivity contribution in [3.8, 4) is 0 Å². The van der Waals surface area contributed by atoms with Crippen LogP contribution in [0.15, 0.2) is 46.8 Å². The van der Waals surface area contributed by atoms with Crippen LogP contribution in [0.1, 0.15) is 17.4 Å². The van der Waals surface area contributed by atoms with Gasteiger partial charge in [0.2, 0.25) is 10.0 Å². The van der Waals surface area contributed by atoms with E-state index in [9.17, 15) is 8.42 Å². The largest absolute Gasteiger partial charge is 0.356 e. The van der Waals surface area contributed by atoms with Crippen LogP contribution >= 0.6 is 35.3 Å². The normalized spacial score (nSPS) is 12.8. The number of benzene rings is 1. The van der Waals surface area contributed by atoms with E-state index in [1.807, 2.05) is 12.1 Å². The Morgan fingerprint density at radius 1 is 1.19 bits per heavy atom. The lowest BCUT2D eigenvalue weighted by atomic mass is 10.1. The minimum Gasteiger partial charge on any atom is -0.356 e. The smallest absolute Gasteiger partial charge is 0.229 e. The number of nitrogens with zero attached hydrogens (tertiary/aromatic N) is 1. The van der Waals surface area contributed by atoms with Gasteiger partial charge in [0.05, 0.1) is 11.9 Å². The molecule has 9 heteroatoms. The molecule has 0 bridgehead atoms. The van der Waals surface area contributed by atoms with E-state index in [1.54, 1.807) is 30.5 Å². The first-order valence-electron chi connectivity index (χ1n) is 8.40. The first-order chi connectivity index (χ1) is 12.4. The summed E-state index contributed by atoms with van der Waals surface area (Å²) in [7, 11) is -1.59. The molecule has 0 amide bonds. The summed E-state index contributed by atoms with van der Waals surface area (Å²) in [6.07, 6.45) is 2.18.